The van der Waals surface area contributed by atoms with Gasteiger partial charge in [-0.25, -0.2) is 9.78 Å². The Morgan fingerprint density at radius 3 is 2.78 bits per heavy atom. The van der Waals surface area contributed by atoms with Gasteiger partial charge >= 0.3 is 5.97 Å². The molecule has 2 aromatic heterocycles. The van der Waals surface area contributed by atoms with Gasteiger partial charge in [-0.15, -0.1) is 0 Å². The van der Waals surface area contributed by atoms with Crippen LogP contribution in [0.25, 0.3) is 11.0 Å². The van der Waals surface area contributed by atoms with E-state index in [1.54, 1.807) is 10.7 Å². The third kappa shape index (κ3) is 3.31. The fraction of sp³-hybridized carbons (Fsp3) is 0.235. The smallest absolute Gasteiger partial charge is 0.339 e. The number of hydrogen-bond acceptors (Lipinski definition) is 5. The molecular formula is C17H17N3O3. The van der Waals surface area contributed by atoms with Gasteiger partial charge in [0, 0.05) is 18.6 Å². The van der Waals surface area contributed by atoms with Gasteiger partial charge in [0.1, 0.15) is 19.0 Å². The SMILES string of the molecule is Cc1nn(C)c2ncc(C(=O)OCCOc3ccccc3)cc12. The van der Waals surface area contributed by atoms with E-state index in [0.717, 1.165) is 22.5 Å². The lowest BCUT2D eigenvalue weighted by Crippen LogP contribution is -2.12. The number of nitrogens with zero attached hydrogens (tertiary/aromatic N) is 3. The summed E-state index contributed by atoms with van der Waals surface area (Å²) in [6.45, 7) is 2.36. The number of esters is 1. The van der Waals surface area contributed by atoms with E-state index < -0.39 is 5.97 Å². The minimum Gasteiger partial charge on any atom is -0.490 e. The van der Waals surface area contributed by atoms with E-state index >= 15 is 0 Å². The molecule has 0 fully saturated rings. The van der Waals surface area contributed by atoms with Crippen LogP contribution in [0.15, 0.2) is 42.6 Å². The lowest BCUT2D eigenvalue weighted by molar-refractivity contribution is 0.0450. The van der Waals surface area contributed by atoms with Crippen LogP contribution in [0.4, 0.5) is 0 Å². The van der Waals surface area contributed by atoms with Crippen molar-refractivity contribution >= 4 is 17.0 Å². The molecule has 0 saturated carbocycles. The van der Waals surface area contributed by atoms with Crippen molar-refractivity contribution in [2.75, 3.05) is 13.2 Å². The second kappa shape index (κ2) is 6.48. The number of hydrogen-bond donors (Lipinski definition) is 0. The number of aryl methyl sites for hydroxylation is 2. The molecule has 3 rings (SSSR count). The lowest BCUT2D eigenvalue weighted by Gasteiger charge is -2.07. The molecule has 0 N–H and O–H groups in total. The van der Waals surface area contributed by atoms with Crippen molar-refractivity contribution in [1.29, 1.82) is 0 Å². The van der Waals surface area contributed by atoms with Gasteiger partial charge in [0.25, 0.3) is 0 Å². The third-order valence-electron chi connectivity index (χ3n) is 3.43. The minimum absolute atomic E-state index is 0.178. The molecule has 0 amide bonds. The fourth-order valence-electron chi connectivity index (χ4n) is 2.31. The van der Waals surface area contributed by atoms with E-state index in [2.05, 4.69) is 10.1 Å². The number of para-hydroxylation sites is 1. The number of pyridine rings is 1. The summed E-state index contributed by atoms with van der Waals surface area (Å²) < 4.78 is 12.4. The van der Waals surface area contributed by atoms with Crippen LogP contribution < -0.4 is 4.74 Å². The quantitative estimate of drug-likeness (QED) is 0.535. The molecule has 0 radical (unpaired) electrons. The number of ether oxygens (including phenoxy) is 2. The van der Waals surface area contributed by atoms with Crippen molar-refractivity contribution in [3.8, 4) is 5.75 Å². The first-order valence-corrected chi connectivity index (χ1v) is 7.29. The molecule has 0 aliphatic heterocycles. The van der Waals surface area contributed by atoms with Gasteiger partial charge in [0.05, 0.1) is 11.3 Å². The van der Waals surface area contributed by atoms with E-state index in [9.17, 15) is 4.79 Å². The van der Waals surface area contributed by atoms with Crippen LogP contribution in [0.3, 0.4) is 0 Å². The molecule has 0 atom stereocenters. The molecule has 0 bridgehead atoms. The highest BCUT2D eigenvalue weighted by Gasteiger charge is 2.12. The molecule has 23 heavy (non-hydrogen) atoms. The predicted molar refractivity (Wildman–Crippen MR) is 85.5 cm³/mol. The standard InChI is InChI=1S/C17H17N3O3/c1-12-15-10-13(11-18-16(15)20(2)19-12)17(21)23-9-8-22-14-6-4-3-5-7-14/h3-7,10-11H,8-9H2,1-2H3. The van der Waals surface area contributed by atoms with Crippen molar-refractivity contribution in [2.24, 2.45) is 7.05 Å². The molecular weight excluding hydrogens is 294 g/mol. The number of carbonyl (C=O) groups excluding carboxylic acids is 1. The Bertz CT molecular complexity index is 828. The van der Waals surface area contributed by atoms with Gasteiger partial charge in [0.2, 0.25) is 0 Å². The number of benzene rings is 1. The van der Waals surface area contributed by atoms with Crippen LogP contribution >= 0.6 is 0 Å². The average molecular weight is 311 g/mol. The second-order valence-corrected chi connectivity index (χ2v) is 5.10. The van der Waals surface area contributed by atoms with Gasteiger partial charge in [-0.2, -0.15) is 5.10 Å². The van der Waals surface area contributed by atoms with Crippen LogP contribution in [-0.4, -0.2) is 33.9 Å². The molecule has 0 saturated heterocycles. The van der Waals surface area contributed by atoms with Crippen LogP contribution in [-0.2, 0) is 11.8 Å². The van der Waals surface area contributed by atoms with E-state index in [1.165, 1.54) is 6.20 Å². The summed E-state index contributed by atoms with van der Waals surface area (Å²) in [6, 6.07) is 11.1. The topological polar surface area (TPSA) is 66.2 Å². The largest absolute Gasteiger partial charge is 0.490 e. The molecule has 6 heteroatoms. The summed E-state index contributed by atoms with van der Waals surface area (Å²) in [5.74, 6) is 0.330. The van der Waals surface area contributed by atoms with Crippen LogP contribution in [0.2, 0.25) is 0 Å². The first-order valence-electron chi connectivity index (χ1n) is 7.29. The van der Waals surface area contributed by atoms with Gasteiger partial charge in [0.15, 0.2) is 5.65 Å². The normalized spacial score (nSPS) is 10.7. The Morgan fingerprint density at radius 1 is 1.22 bits per heavy atom. The molecule has 6 nitrogen and oxygen atoms in total. The van der Waals surface area contributed by atoms with Crippen molar-refractivity contribution in [1.82, 2.24) is 14.8 Å². The predicted octanol–water partition coefficient (Wildman–Crippen LogP) is 2.51. The molecule has 2 heterocycles. The van der Waals surface area contributed by atoms with Crippen LogP contribution in [0.5, 0.6) is 5.75 Å². The van der Waals surface area contributed by atoms with Gasteiger partial charge < -0.3 is 9.47 Å². The first kappa shape index (κ1) is 15.0. The zero-order valence-corrected chi connectivity index (χ0v) is 13.0. The Balaban J connectivity index is 1.59. The van der Waals surface area contributed by atoms with E-state index in [0.29, 0.717) is 12.2 Å². The van der Waals surface area contributed by atoms with Crippen LogP contribution in [0, 0.1) is 6.92 Å². The molecule has 0 aliphatic rings. The third-order valence-corrected chi connectivity index (χ3v) is 3.43. The Morgan fingerprint density at radius 2 is 2.00 bits per heavy atom. The summed E-state index contributed by atoms with van der Waals surface area (Å²) in [5.41, 5.74) is 1.98. The number of fused-ring (bicyclic) bond motifs is 1. The monoisotopic (exact) mass is 311 g/mol. The molecule has 3 aromatic rings. The zero-order valence-electron chi connectivity index (χ0n) is 13.0. The highest BCUT2D eigenvalue weighted by Crippen LogP contribution is 2.17. The highest BCUT2D eigenvalue weighted by atomic mass is 16.6. The fourth-order valence-corrected chi connectivity index (χ4v) is 2.31. The average Bonchev–Trinajstić information content (AvgIpc) is 2.86. The zero-order chi connectivity index (χ0) is 16.2. The van der Waals surface area contributed by atoms with Crippen molar-refractivity contribution < 1.29 is 14.3 Å². The van der Waals surface area contributed by atoms with Gasteiger partial charge in [-0.1, -0.05) is 18.2 Å². The number of carbonyl (C=O) groups is 1. The lowest BCUT2D eigenvalue weighted by atomic mass is 10.2. The maximum absolute atomic E-state index is 12.1. The van der Waals surface area contributed by atoms with E-state index in [4.69, 9.17) is 9.47 Å². The molecule has 118 valence electrons. The first-order chi connectivity index (χ1) is 11.1. The van der Waals surface area contributed by atoms with Gasteiger partial charge in [-0.3, -0.25) is 4.68 Å². The number of aromatic nitrogens is 3. The van der Waals surface area contributed by atoms with Crippen LogP contribution in [0.1, 0.15) is 16.1 Å². The second-order valence-electron chi connectivity index (χ2n) is 5.10. The highest BCUT2D eigenvalue weighted by molar-refractivity contribution is 5.93. The van der Waals surface area contributed by atoms with Crippen molar-refractivity contribution in [2.45, 2.75) is 6.92 Å². The summed E-state index contributed by atoms with van der Waals surface area (Å²) >= 11 is 0. The van der Waals surface area contributed by atoms with Crippen molar-refractivity contribution in [3.63, 3.8) is 0 Å². The maximum Gasteiger partial charge on any atom is 0.339 e. The number of rotatable bonds is 5. The Hall–Kier alpha value is -2.89. The molecule has 0 unspecified atom stereocenters. The maximum atomic E-state index is 12.1. The van der Waals surface area contributed by atoms with Gasteiger partial charge in [-0.05, 0) is 25.1 Å². The molecule has 0 spiro atoms. The summed E-state index contributed by atoms with van der Waals surface area (Å²) in [7, 11) is 1.82. The van der Waals surface area contributed by atoms with E-state index in [1.807, 2.05) is 44.3 Å². The Kier molecular flexibility index (Phi) is 4.23. The summed E-state index contributed by atoms with van der Waals surface area (Å²) in [5, 5.41) is 5.13. The Labute approximate surface area is 133 Å². The van der Waals surface area contributed by atoms with Crippen molar-refractivity contribution in [3.05, 3.63) is 53.9 Å². The van der Waals surface area contributed by atoms with E-state index in [-0.39, 0.29) is 6.61 Å². The summed E-state index contributed by atoms with van der Waals surface area (Å²) in [6.07, 6.45) is 1.50. The summed E-state index contributed by atoms with van der Waals surface area (Å²) in [4.78, 5) is 16.3. The molecule has 1 aromatic carbocycles. The molecule has 0 aliphatic carbocycles. The minimum atomic E-state index is -0.417.